The zero-order valence-electron chi connectivity index (χ0n) is 13.2. The monoisotopic (exact) mass is 427 g/mol. The number of rotatable bonds is 4. The molecular formula is C20H16BCl2Zr. The van der Waals surface area contributed by atoms with Gasteiger partial charge in [-0.05, 0) is 0 Å². The first-order valence-corrected chi connectivity index (χ1v) is 15.9. The van der Waals surface area contributed by atoms with E-state index in [1.54, 1.807) is 0 Å². The Morgan fingerprint density at radius 2 is 1.71 bits per heavy atom. The molecule has 2 aromatic rings. The van der Waals surface area contributed by atoms with Gasteiger partial charge in [0, 0.05) is 0 Å². The topological polar surface area (TPSA) is 0 Å². The Kier molecular flexibility index (Phi) is 5.00. The van der Waals surface area contributed by atoms with Gasteiger partial charge in [-0.1, -0.05) is 0 Å². The summed E-state index contributed by atoms with van der Waals surface area (Å²) in [6, 6.07) is 19.3. The molecule has 0 amide bonds. The van der Waals surface area contributed by atoms with Gasteiger partial charge in [0.1, 0.15) is 0 Å². The molecule has 2 aliphatic carbocycles. The van der Waals surface area contributed by atoms with Crippen molar-refractivity contribution in [3.63, 3.8) is 0 Å². The van der Waals surface area contributed by atoms with Crippen LogP contribution in [0.1, 0.15) is 21.2 Å². The fourth-order valence-electron chi connectivity index (χ4n) is 3.74. The molecule has 0 saturated heterocycles. The molecule has 24 heavy (non-hydrogen) atoms. The van der Waals surface area contributed by atoms with Crippen LogP contribution in [0.4, 0.5) is 0 Å². The fraction of sp³-hybridized carbons (Fsp3) is 0.100. The van der Waals surface area contributed by atoms with Gasteiger partial charge in [-0.25, -0.2) is 0 Å². The summed E-state index contributed by atoms with van der Waals surface area (Å²) < 4.78 is 0.247. The molecule has 0 aliphatic heterocycles. The molecule has 0 saturated carbocycles. The number of hydrogen-bond donors (Lipinski definition) is 0. The third kappa shape index (κ3) is 3.05. The molecule has 117 valence electrons. The summed E-state index contributed by atoms with van der Waals surface area (Å²) in [6.45, 7) is 0. The Morgan fingerprint density at radius 1 is 0.958 bits per heavy atom. The number of hydrogen-bond acceptors (Lipinski definition) is 0. The number of fused-ring (bicyclic) bond motifs is 1. The zero-order valence-corrected chi connectivity index (χ0v) is 17.1. The summed E-state index contributed by atoms with van der Waals surface area (Å²) in [5.41, 5.74) is 8.22. The molecule has 0 radical (unpaired) electrons. The average molecular weight is 429 g/mol. The Morgan fingerprint density at radius 3 is 2.42 bits per heavy atom. The summed E-state index contributed by atoms with van der Waals surface area (Å²) in [5.74, 6) is 0. The predicted octanol–water partition coefficient (Wildman–Crippen LogP) is 5.03. The first kappa shape index (κ1) is 16.6. The standard InChI is InChI=1S/C20H16B.2ClH.Zr/c1-2-11-17(12-3-1)21-20-18-13-7-6-10-16(18)14-19(20)15-8-4-5-9-15;;;/h1-8,10-14,21H,9H2;2*1H;/q;;;+2/p-2. The Hall–Kier alpha value is -0.812. The minimum absolute atomic E-state index is 0.247. The second-order valence-electron chi connectivity index (χ2n) is 6.19. The van der Waals surface area contributed by atoms with Gasteiger partial charge in [-0.15, -0.1) is 0 Å². The van der Waals surface area contributed by atoms with E-state index in [0.29, 0.717) is 0 Å². The van der Waals surface area contributed by atoms with E-state index in [4.69, 9.17) is 17.0 Å². The van der Waals surface area contributed by atoms with Crippen LogP contribution in [0, 0.1) is 0 Å². The van der Waals surface area contributed by atoms with Gasteiger partial charge in [0.2, 0.25) is 0 Å². The molecule has 0 nitrogen and oxygen atoms in total. The van der Waals surface area contributed by atoms with Crippen LogP contribution in [0.2, 0.25) is 0 Å². The van der Waals surface area contributed by atoms with Crippen molar-refractivity contribution in [1.82, 2.24) is 0 Å². The second kappa shape index (κ2) is 7.20. The number of benzene rings is 2. The maximum absolute atomic E-state index is 6.63. The molecule has 0 aromatic heterocycles. The van der Waals surface area contributed by atoms with Gasteiger partial charge in [0.25, 0.3) is 0 Å². The van der Waals surface area contributed by atoms with Crippen molar-refractivity contribution in [2.45, 2.75) is 10.0 Å². The Labute approximate surface area is 158 Å². The van der Waals surface area contributed by atoms with Crippen LogP contribution in [0.5, 0.6) is 0 Å². The van der Waals surface area contributed by atoms with E-state index in [1.807, 2.05) is 0 Å². The van der Waals surface area contributed by atoms with Crippen LogP contribution < -0.4 is 5.46 Å². The molecule has 0 N–H and O–H groups in total. The van der Waals surface area contributed by atoms with Gasteiger partial charge in [0.15, 0.2) is 0 Å². The third-order valence-corrected chi connectivity index (χ3v) is 9.90. The van der Waals surface area contributed by atoms with Crippen LogP contribution in [-0.4, -0.2) is 7.28 Å². The summed E-state index contributed by atoms with van der Waals surface area (Å²) in [4.78, 5) is 0. The van der Waals surface area contributed by atoms with E-state index in [0.717, 1.165) is 13.7 Å². The van der Waals surface area contributed by atoms with Gasteiger partial charge >= 0.3 is 160 Å². The van der Waals surface area contributed by atoms with Crippen molar-refractivity contribution in [1.29, 1.82) is 0 Å². The van der Waals surface area contributed by atoms with E-state index in [-0.39, 0.29) is 3.63 Å². The van der Waals surface area contributed by atoms with Crippen molar-refractivity contribution in [2.75, 3.05) is 0 Å². The van der Waals surface area contributed by atoms with Crippen molar-refractivity contribution in [3.05, 3.63) is 95.1 Å². The molecule has 2 aliphatic rings. The van der Waals surface area contributed by atoms with Gasteiger partial charge in [-0.3, -0.25) is 0 Å². The molecule has 4 rings (SSSR count). The summed E-state index contributed by atoms with van der Waals surface area (Å²) in [6.07, 6.45) is 7.59. The Bertz CT molecular complexity index is 853. The second-order valence-corrected chi connectivity index (χ2v) is 15.0. The molecule has 1 unspecified atom stereocenters. The van der Waals surface area contributed by atoms with Gasteiger partial charge in [-0.2, -0.15) is 0 Å². The van der Waals surface area contributed by atoms with Crippen LogP contribution >= 0.6 is 17.0 Å². The molecule has 0 bridgehead atoms. The van der Waals surface area contributed by atoms with Crippen molar-refractivity contribution >= 4 is 35.2 Å². The van der Waals surface area contributed by atoms with E-state index < -0.39 is 19.4 Å². The van der Waals surface area contributed by atoms with Crippen molar-refractivity contribution in [2.24, 2.45) is 0 Å². The fourth-order valence-corrected chi connectivity index (χ4v) is 9.04. The zero-order chi connectivity index (χ0) is 16.5. The molecule has 0 spiro atoms. The first-order valence-electron chi connectivity index (χ1n) is 8.16. The van der Waals surface area contributed by atoms with Crippen LogP contribution in [-0.2, 0) is 19.4 Å². The molecule has 2 aromatic carbocycles. The normalized spacial score (nSPS) is 18.6. The first-order chi connectivity index (χ1) is 11.8. The number of halogens is 2. The SMILES string of the molecule is [Cl][Zr]([Cl])[CH]1C(C2=CC=CC2)=C(Bc2ccccc2)c2ccccc21. The molecule has 0 heterocycles. The van der Waals surface area contributed by atoms with Gasteiger partial charge in [0.05, 0.1) is 0 Å². The van der Waals surface area contributed by atoms with E-state index >= 15 is 0 Å². The van der Waals surface area contributed by atoms with E-state index in [2.05, 4.69) is 72.8 Å². The predicted molar refractivity (Wildman–Crippen MR) is 103 cm³/mol. The summed E-state index contributed by atoms with van der Waals surface area (Å²) in [7, 11) is 14.2. The summed E-state index contributed by atoms with van der Waals surface area (Å²) >= 11 is -2.51. The molecule has 4 heteroatoms. The summed E-state index contributed by atoms with van der Waals surface area (Å²) in [5, 5.41) is 0. The molecular weight excluding hydrogens is 413 g/mol. The molecule has 0 fully saturated rings. The van der Waals surface area contributed by atoms with E-state index in [9.17, 15) is 0 Å². The third-order valence-electron chi connectivity index (χ3n) is 4.77. The van der Waals surface area contributed by atoms with Crippen molar-refractivity contribution < 1.29 is 19.4 Å². The van der Waals surface area contributed by atoms with Crippen molar-refractivity contribution in [3.8, 4) is 0 Å². The number of allylic oxidation sites excluding steroid dienone is 5. The molecule has 1 atom stereocenters. The van der Waals surface area contributed by atoms with E-state index in [1.165, 1.54) is 33.2 Å². The quantitative estimate of drug-likeness (QED) is 0.599. The average Bonchev–Trinajstić information content (AvgIpc) is 3.22. The maximum atomic E-state index is 6.63. The van der Waals surface area contributed by atoms with Gasteiger partial charge < -0.3 is 0 Å². The minimum atomic E-state index is -2.51. The van der Waals surface area contributed by atoms with Crippen LogP contribution in [0.25, 0.3) is 5.47 Å². The van der Waals surface area contributed by atoms with Crippen LogP contribution in [0.15, 0.2) is 84.0 Å². The Balaban J connectivity index is 1.88. The van der Waals surface area contributed by atoms with Crippen LogP contribution in [0.3, 0.4) is 0 Å².